The van der Waals surface area contributed by atoms with Crippen LogP contribution in [0, 0.1) is 12.7 Å². The van der Waals surface area contributed by atoms with Crippen LogP contribution in [0.2, 0.25) is 0 Å². The largest absolute Gasteiger partial charge is 0.388 e. The second-order valence-electron chi connectivity index (χ2n) is 4.92. The molecule has 0 fully saturated rings. The van der Waals surface area contributed by atoms with E-state index in [1.165, 1.54) is 11.6 Å². The lowest BCUT2D eigenvalue weighted by atomic mass is 10.00. The number of hydrogen-bond donors (Lipinski definition) is 1. The summed E-state index contributed by atoms with van der Waals surface area (Å²) in [4.78, 5) is 0. The molecular weight excluding hydrogens is 239 g/mol. The molecule has 0 saturated carbocycles. The van der Waals surface area contributed by atoms with Gasteiger partial charge in [0.05, 0.1) is 6.10 Å². The molecule has 0 amide bonds. The third-order valence-corrected chi connectivity index (χ3v) is 3.30. The molecule has 2 rings (SSSR count). The Hall–Kier alpha value is -1.67. The Morgan fingerprint density at radius 1 is 1.11 bits per heavy atom. The quantitative estimate of drug-likeness (QED) is 0.852. The molecular formula is C17H19FO. The fraction of sp³-hybridized carbons (Fsp3) is 0.294. The molecule has 0 aromatic heterocycles. The van der Waals surface area contributed by atoms with E-state index in [1.807, 2.05) is 31.2 Å². The van der Waals surface area contributed by atoms with Crippen LogP contribution >= 0.6 is 0 Å². The van der Waals surface area contributed by atoms with Gasteiger partial charge in [-0.1, -0.05) is 42.5 Å². The van der Waals surface area contributed by atoms with E-state index in [-0.39, 0.29) is 5.82 Å². The van der Waals surface area contributed by atoms with Crippen molar-refractivity contribution in [3.05, 3.63) is 71.0 Å². The Kier molecular flexibility index (Phi) is 4.69. The van der Waals surface area contributed by atoms with E-state index in [9.17, 15) is 9.50 Å². The molecule has 0 bridgehead atoms. The van der Waals surface area contributed by atoms with E-state index in [0.29, 0.717) is 12.0 Å². The second-order valence-corrected chi connectivity index (χ2v) is 4.92. The highest BCUT2D eigenvalue weighted by Crippen LogP contribution is 2.23. The summed E-state index contributed by atoms with van der Waals surface area (Å²) >= 11 is 0. The SMILES string of the molecule is Cc1ccc(C(O)CCCc2ccccc2)c(F)c1. The standard InChI is InChI=1S/C17H19FO/c1-13-10-11-15(16(18)12-13)17(19)9-5-8-14-6-3-2-4-7-14/h2-4,6-7,10-12,17,19H,5,8-9H2,1H3. The highest BCUT2D eigenvalue weighted by atomic mass is 19.1. The van der Waals surface area contributed by atoms with Crippen molar-refractivity contribution in [1.29, 1.82) is 0 Å². The van der Waals surface area contributed by atoms with Gasteiger partial charge in [-0.15, -0.1) is 0 Å². The Morgan fingerprint density at radius 2 is 1.84 bits per heavy atom. The molecule has 0 spiro atoms. The Bertz CT molecular complexity index is 522. The van der Waals surface area contributed by atoms with Gasteiger partial charge in [0, 0.05) is 5.56 Å². The zero-order chi connectivity index (χ0) is 13.7. The van der Waals surface area contributed by atoms with Gasteiger partial charge in [-0.2, -0.15) is 0 Å². The van der Waals surface area contributed by atoms with Crippen molar-refractivity contribution in [3.8, 4) is 0 Å². The molecule has 0 aliphatic carbocycles. The first-order valence-corrected chi connectivity index (χ1v) is 6.65. The normalized spacial score (nSPS) is 12.4. The van der Waals surface area contributed by atoms with E-state index in [4.69, 9.17) is 0 Å². The number of aryl methyl sites for hydroxylation is 2. The summed E-state index contributed by atoms with van der Waals surface area (Å²) in [6.45, 7) is 1.84. The molecule has 1 nitrogen and oxygen atoms in total. The first kappa shape index (κ1) is 13.8. The first-order chi connectivity index (χ1) is 9.16. The van der Waals surface area contributed by atoms with Crippen molar-refractivity contribution < 1.29 is 9.50 Å². The lowest BCUT2D eigenvalue weighted by molar-refractivity contribution is 0.160. The van der Waals surface area contributed by atoms with Gasteiger partial charge in [-0.3, -0.25) is 0 Å². The topological polar surface area (TPSA) is 20.2 Å². The van der Waals surface area contributed by atoms with Gasteiger partial charge < -0.3 is 5.11 Å². The van der Waals surface area contributed by atoms with Crippen LogP contribution in [-0.4, -0.2) is 5.11 Å². The van der Waals surface area contributed by atoms with Crippen molar-refractivity contribution in [2.24, 2.45) is 0 Å². The summed E-state index contributed by atoms with van der Waals surface area (Å²) in [6.07, 6.45) is 1.61. The second kappa shape index (κ2) is 6.48. The van der Waals surface area contributed by atoms with Crippen molar-refractivity contribution in [2.45, 2.75) is 32.3 Å². The molecule has 2 aromatic carbocycles. The fourth-order valence-electron chi connectivity index (χ4n) is 2.20. The summed E-state index contributed by atoms with van der Waals surface area (Å²) in [5.74, 6) is -0.313. The van der Waals surface area contributed by atoms with E-state index < -0.39 is 6.10 Å². The van der Waals surface area contributed by atoms with Gasteiger partial charge in [0.25, 0.3) is 0 Å². The Labute approximate surface area is 113 Å². The molecule has 1 atom stereocenters. The lowest BCUT2D eigenvalue weighted by Crippen LogP contribution is -2.02. The van der Waals surface area contributed by atoms with Crippen LogP contribution in [-0.2, 0) is 6.42 Å². The number of rotatable bonds is 5. The monoisotopic (exact) mass is 258 g/mol. The van der Waals surface area contributed by atoms with Crippen molar-refractivity contribution in [2.75, 3.05) is 0 Å². The molecule has 1 N–H and O–H groups in total. The van der Waals surface area contributed by atoms with Gasteiger partial charge in [-0.25, -0.2) is 4.39 Å². The maximum atomic E-state index is 13.7. The van der Waals surface area contributed by atoms with Crippen LogP contribution < -0.4 is 0 Å². The summed E-state index contributed by atoms with van der Waals surface area (Å²) < 4.78 is 13.7. The maximum Gasteiger partial charge on any atom is 0.129 e. The van der Waals surface area contributed by atoms with E-state index in [1.54, 1.807) is 6.07 Å². The molecule has 2 aromatic rings. The predicted molar refractivity (Wildman–Crippen MR) is 75.5 cm³/mol. The Balaban J connectivity index is 1.89. The minimum atomic E-state index is -0.718. The predicted octanol–water partition coefficient (Wildman–Crippen LogP) is 4.19. The summed E-state index contributed by atoms with van der Waals surface area (Å²) in [7, 11) is 0. The van der Waals surface area contributed by atoms with Crippen LogP contribution in [0.3, 0.4) is 0 Å². The van der Waals surface area contributed by atoms with Crippen molar-refractivity contribution in [1.82, 2.24) is 0 Å². The van der Waals surface area contributed by atoms with Gasteiger partial charge in [-0.05, 0) is 43.4 Å². The molecule has 19 heavy (non-hydrogen) atoms. The molecule has 0 heterocycles. The van der Waals surface area contributed by atoms with Gasteiger partial charge in [0.1, 0.15) is 5.82 Å². The zero-order valence-corrected chi connectivity index (χ0v) is 11.1. The van der Waals surface area contributed by atoms with Crippen LogP contribution in [0.25, 0.3) is 0 Å². The molecule has 100 valence electrons. The average Bonchev–Trinajstić information content (AvgIpc) is 2.39. The van der Waals surface area contributed by atoms with Crippen molar-refractivity contribution in [3.63, 3.8) is 0 Å². The fourth-order valence-corrected chi connectivity index (χ4v) is 2.20. The number of hydrogen-bond acceptors (Lipinski definition) is 1. The summed E-state index contributed by atoms with van der Waals surface area (Å²) in [5.41, 5.74) is 2.52. The number of halogens is 1. The summed E-state index contributed by atoms with van der Waals surface area (Å²) in [6, 6.07) is 15.1. The number of benzene rings is 2. The lowest BCUT2D eigenvalue weighted by Gasteiger charge is -2.12. The molecule has 0 aliphatic heterocycles. The molecule has 0 saturated heterocycles. The zero-order valence-electron chi connectivity index (χ0n) is 11.1. The van der Waals surface area contributed by atoms with E-state index in [2.05, 4.69) is 12.1 Å². The summed E-state index contributed by atoms with van der Waals surface area (Å²) in [5, 5.41) is 10.0. The average molecular weight is 258 g/mol. The van der Waals surface area contributed by atoms with Gasteiger partial charge >= 0.3 is 0 Å². The van der Waals surface area contributed by atoms with Crippen molar-refractivity contribution >= 4 is 0 Å². The molecule has 2 heteroatoms. The molecule has 1 unspecified atom stereocenters. The highest BCUT2D eigenvalue weighted by Gasteiger charge is 2.12. The third-order valence-electron chi connectivity index (χ3n) is 3.30. The van der Waals surface area contributed by atoms with Crippen LogP contribution in [0.5, 0.6) is 0 Å². The van der Waals surface area contributed by atoms with Gasteiger partial charge in [0.15, 0.2) is 0 Å². The van der Waals surface area contributed by atoms with E-state index >= 15 is 0 Å². The van der Waals surface area contributed by atoms with Crippen LogP contribution in [0.15, 0.2) is 48.5 Å². The first-order valence-electron chi connectivity index (χ1n) is 6.65. The van der Waals surface area contributed by atoms with Crippen LogP contribution in [0.1, 0.15) is 35.6 Å². The van der Waals surface area contributed by atoms with Gasteiger partial charge in [0.2, 0.25) is 0 Å². The minimum absolute atomic E-state index is 0.313. The minimum Gasteiger partial charge on any atom is -0.388 e. The Morgan fingerprint density at radius 3 is 2.53 bits per heavy atom. The smallest absolute Gasteiger partial charge is 0.129 e. The molecule has 0 aliphatic rings. The third kappa shape index (κ3) is 3.90. The maximum absolute atomic E-state index is 13.7. The number of aliphatic hydroxyl groups is 1. The van der Waals surface area contributed by atoms with E-state index in [0.717, 1.165) is 18.4 Å². The number of aliphatic hydroxyl groups excluding tert-OH is 1. The highest BCUT2D eigenvalue weighted by molar-refractivity contribution is 5.25. The van der Waals surface area contributed by atoms with Crippen LogP contribution in [0.4, 0.5) is 4.39 Å². The molecule has 0 radical (unpaired) electrons.